The van der Waals surface area contributed by atoms with E-state index < -0.39 is 6.10 Å². The Morgan fingerprint density at radius 3 is 2.37 bits per heavy atom. The quantitative estimate of drug-likeness (QED) is 0.673. The van der Waals surface area contributed by atoms with Crippen LogP contribution in [0.3, 0.4) is 0 Å². The Kier molecular flexibility index (Phi) is 4.99. The van der Waals surface area contributed by atoms with Crippen molar-refractivity contribution in [1.82, 2.24) is 0 Å². The van der Waals surface area contributed by atoms with Crippen molar-refractivity contribution < 1.29 is 5.11 Å². The molecule has 0 aromatic heterocycles. The van der Waals surface area contributed by atoms with Gasteiger partial charge < -0.3 is 5.11 Å². The molecule has 0 heterocycles. The molecule has 0 fully saturated rings. The number of aliphatic hydroxyl groups is 1. The van der Waals surface area contributed by atoms with Crippen LogP contribution in [0.25, 0.3) is 5.57 Å². The van der Waals surface area contributed by atoms with E-state index in [4.69, 9.17) is 0 Å². The van der Waals surface area contributed by atoms with Crippen LogP contribution in [-0.2, 0) is 12.8 Å². The molecule has 2 aromatic carbocycles. The normalized spacial score (nSPS) is 17.1. The standard InChI is InChI=1S/C26H26O/c1-18(2)26(27)23-14-11-21(12-15-23)20-8-10-22-9-7-19-5-3-4-6-24(19)17-25(22)16-13-20/h3-6,8,11-16,18,26-27H,7,9,17H2,1-2H3. The molecule has 1 heteroatoms. The van der Waals surface area contributed by atoms with E-state index in [0.29, 0.717) is 0 Å². The molecule has 1 N–H and O–H groups in total. The Morgan fingerprint density at radius 2 is 1.63 bits per heavy atom. The van der Waals surface area contributed by atoms with Crippen molar-refractivity contribution in [2.24, 2.45) is 5.92 Å². The minimum absolute atomic E-state index is 0.220. The van der Waals surface area contributed by atoms with Gasteiger partial charge in [0.1, 0.15) is 0 Å². The second-order valence-electron chi connectivity index (χ2n) is 7.84. The van der Waals surface area contributed by atoms with Crippen LogP contribution < -0.4 is 0 Å². The zero-order chi connectivity index (χ0) is 18.8. The zero-order valence-electron chi connectivity index (χ0n) is 16.1. The fraction of sp³-hybridized carbons (Fsp3) is 0.269. The van der Waals surface area contributed by atoms with Gasteiger partial charge in [0.05, 0.1) is 6.10 Å². The third-order valence-corrected chi connectivity index (χ3v) is 5.61. The molecule has 27 heavy (non-hydrogen) atoms. The Labute approximate surface area is 162 Å². The summed E-state index contributed by atoms with van der Waals surface area (Å²) < 4.78 is 0. The lowest BCUT2D eigenvalue weighted by Crippen LogP contribution is -2.05. The van der Waals surface area contributed by atoms with Crippen molar-refractivity contribution in [2.75, 3.05) is 0 Å². The van der Waals surface area contributed by atoms with E-state index in [2.05, 4.69) is 60.4 Å². The molecule has 1 unspecified atom stereocenters. The fourth-order valence-electron chi connectivity index (χ4n) is 3.87. The van der Waals surface area contributed by atoms with Crippen molar-refractivity contribution in [3.8, 4) is 0 Å². The van der Waals surface area contributed by atoms with Crippen LogP contribution in [0.1, 0.15) is 48.6 Å². The van der Waals surface area contributed by atoms with Crippen LogP contribution in [0.15, 0.2) is 83.6 Å². The molecular weight excluding hydrogens is 328 g/mol. The summed E-state index contributed by atoms with van der Waals surface area (Å²) in [7, 11) is 0. The van der Waals surface area contributed by atoms with Gasteiger partial charge in [0, 0.05) is 0 Å². The first-order valence-corrected chi connectivity index (χ1v) is 9.84. The monoisotopic (exact) mass is 354 g/mol. The summed E-state index contributed by atoms with van der Waals surface area (Å²) in [5.41, 5.74) is 12.5. The zero-order valence-corrected chi connectivity index (χ0v) is 16.1. The molecule has 1 atom stereocenters. The van der Waals surface area contributed by atoms with Crippen LogP contribution >= 0.6 is 0 Å². The molecule has 0 radical (unpaired) electrons. The van der Waals surface area contributed by atoms with Gasteiger partial charge in [-0.1, -0.05) is 74.5 Å². The predicted octanol–water partition coefficient (Wildman–Crippen LogP) is 5.97. The smallest absolute Gasteiger partial charge is 0.0812 e. The van der Waals surface area contributed by atoms with Gasteiger partial charge in [-0.05, 0) is 70.2 Å². The summed E-state index contributed by atoms with van der Waals surface area (Å²) in [4.78, 5) is 0. The Balaban J connectivity index is 1.63. The van der Waals surface area contributed by atoms with Crippen LogP contribution in [0, 0.1) is 5.92 Å². The molecule has 4 rings (SSSR count). The van der Waals surface area contributed by atoms with E-state index in [9.17, 15) is 5.11 Å². The first kappa shape index (κ1) is 17.8. The number of benzene rings is 2. The third-order valence-electron chi connectivity index (χ3n) is 5.61. The van der Waals surface area contributed by atoms with Gasteiger partial charge in [-0.15, -0.1) is 5.73 Å². The number of aliphatic hydroxyl groups excluding tert-OH is 1. The molecule has 1 nitrogen and oxygen atoms in total. The maximum atomic E-state index is 10.2. The third kappa shape index (κ3) is 3.76. The van der Waals surface area contributed by atoms with Gasteiger partial charge >= 0.3 is 0 Å². The highest BCUT2D eigenvalue weighted by molar-refractivity contribution is 5.76. The van der Waals surface area contributed by atoms with E-state index in [-0.39, 0.29) is 5.92 Å². The van der Waals surface area contributed by atoms with Gasteiger partial charge in [0.25, 0.3) is 0 Å². The van der Waals surface area contributed by atoms with E-state index in [1.807, 2.05) is 26.0 Å². The highest BCUT2D eigenvalue weighted by Crippen LogP contribution is 2.31. The molecule has 0 bridgehead atoms. The molecular formula is C26H26O. The Morgan fingerprint density at radius 1 is 0.889 bits per heavy atom. The molecule has 0 saturated heterocycles. The second kappa shape index (κ2) is 7.56. The van der Waals surface area contributed by atoms with Crippen molar-refractivity contribution in [2.45, 2.75) is 39.2 Å². The number of allylic oxidation sites excluding steroid dienone is 5. The lowest BCUT2D eigenvalue weighted by Gasteiger charge is -2.15. The predicted molar refractivity (Wildman–Crippen MR) is 112 cm³/mol. The van der Waals surface area contributed by atoms with Gasteiger partial charge in [-0.2, -0.15) is 0 Å². The summed E-state index contributed by atoms with van der Waals surface area (Å²) in [6.45, 7) is 4.08. The number of hydrogen-bond acceptors (Lipinski definition) is 1. The summed E-state index contributed by atoms with van der Waals surface area (Å²) in [6, 6.07) is 17.0. The highest BCUT2D eigenvalue weighted by Gasteiger charge is 2.16. The largest absolute Gasteiger partial charge is 0.388 e. The highest BCUT2D eigenvalue weighted by atomic mass is 16.3. The summed E-state index contributed by atoms with van der Waals surface area (Å²) in [5, 5.41) is 10.2. The number of hydrogen-bond donors (Lipinski definition) is 1. The minimum atomic E-state index is -0.409. The van der Waals surface area contributed by atoms with E-state index in [1.165, 1.54) is 27.8 Å². The minimum Gasteiger partial charge on any atom is -0.388 e. The van der Waals surface area contributed by atoms with Crippen LogP contribution in [-0.4, -0.2) is 5.11 Å². The number of rotatable bonds is 3. The molecule has 0 aliphatic heterocycles. The lowest BCUT2D eigenvalue weighted by molar-refractivity contribution is 0.127. The SMILES string of the molecule is CC(C)C(O)c1ccc(C2=CC=C3Cc4ccccc4CCC3=C=C2)cc1. The fourth-order valence-corrected chi connectivity index (χ4v) is 3.87. The second-order valence-corrected chi connectivity index (χ2v) is 7.84. The first-order valence-electron chi connectivity index (χ1n) is 9.84. The number of fused-ring (bicyclic) bond motifs is 2. The molecule has 2 aliphatic carbocycles. The number of aryl methyl sites for hydroxylation is 1. The maximum Gasteiger partial charge on any atom is 0.0812 e. The van der Waals surface area contributed by atoms with Crippen molar-refractivity contribution in [3.05, 3.63) is 106 Å². The summed E-state index contributed by atoms with van der Waals surface area (Å²) >= 11 is 0. The molecule has 0 amide bonds. The van der Waals surface area contributed by atoms with Crippen molar-refractivity contribution in [1.29, 1.82) is 0 Å². The van der Waals surface area contributed by atoms with Gasteiger partial charge in [0.15, 0.2) is 0 Å². The molecule has 2 aromatic rings. The van der Waals surface area contributed by atoms with Gasteiger partial charge in [0.2, 0.25) is 0 Å². The van der Waals surface area contributed by atoms with Crippen LogP contribution in [0.5, 0.6) is 0 Å². The van der Waals surface area contributed by atoms with E-state index in [1.54, 1.807) is 0 Å². The van der Waals surface area contributed by atoms with Crippen LogP contribution in [0.4, 0.5) is 0 Å². The van der Waals surface area contributed by atoms with Gasteiger partial charge in [-0.25, -0.2) is 0 Å². The Bertz CT molecular complexity index is 964. The lowest BCUT2D eigenvalue weighted by atomic mass is 9.96. The van der Waals surface area contributed by atoms with Gasteiger partial charge in [-0.3, -0.25) is 0 Å². The average Bonchev–Trinajstić information content (AvgIpc) is 2.99. The Hall–Kier alpha value is -2.60. The van der Waals surface area contributed by atoms with E-state index >= 15 is 0 Å². The van der Waals surface area contributed by atoms with E-state index in [0.717, 1.165) is 30.4 Å². The first-order chi connectivity index (χ1) is 13.1. The molecule has 136 valence electrons. The summed E-state index contributed by atoms with van der Waals surface area (Å²) in [5.74, 6) is 0.220. The molecule has 0 saturated carbocycles. The topological polar surface area (TPSA) is 20.2 Å². The molecule has 2 aliphatic rings. The maximum absolute atomic E-state index is 10.2. The van der Waals surface area contributed by atoms with Crippen LogP contribution in [0.2, 0.25) is 0 Å². The summed E-state index contributed by atoms with van der Waals surface area (Å²) in [6.07, 6.45) is 9.28. The molecule has 0 spiro atoms. The average molecular weight is 354 g/mol. The van der Waals surface area contributed by atoms with Crippen molar-refractivity contribution >= 4 is 5.57 Å². The van der Waals surface area contributed by atoms with Crippen molar-refractivity contribution in [3.63, 3.8) is 0 Å².